The van der Waals surface area contributed by atoms with Crippen LogP contribution in [0, 0.1) is 15.9 Å². The highest BCUT2D eigenvalue weighted by molar-refractivity contribution is 7.99. The molecular weight excluding hydrogens is 269 g/mol. The normalized spacial score (nSPS) is 10.4. The molecule has 19 heavy (non-hydrogen) atoms. The summed E-state index contributed by atoms with van der Waals surface area (Å²) in [5.41, 5.74) is 0.392. The minimum absolute atomic E-state index is 0.0132. The zero-order valence-corrected chi connectivity index (χ0v) is 10.6. The molecular formula is C13H10FNO3S. The van der Waals surface area contributed by atoms with Crippen LogP contribution in [0.25, 0.3) is 0 Å². The first-order valence-corrected chi connectivity index (χ1v) is 6.24. The van der Waals surface area contributed by atoms with Gasteiger partial charge in [-0.1, -0.05) is 23.9 Å². The first-order chi connectivity index (χ1) is 9.11. The second-order valence-corrected chi connectivity index (χ2v) is 4.82. The third-order valence-corrected chi connectivity index (χ3v) is 3.66. The lowest BCUT2D eigenvalue weighted by Gasteiger charge is -2.07. The van der Waals surface area contributed by atoms with Crippen LogP contribution in [0.3, 0.4) is 0 Å². The highest BCUT2D eigenvalue weighted by Crippen LogP contribution is 2.36. The smallest absolute Gasteiger partial charge is 0.283 e. The van der Waals surface area contributed by atoms with Gasteiger partial charge in [0, 0.05) is 11.0 Å². The molecule has 0 fully saturated rings. The van der Waals surface area contributed by atoms with Crippen molar-refractivity contribution in [3.8, 4) is 0 Å². The van der Waals surface area contributed by atoms with E-state index in [2.05, 4.69) is 0 Å². The lowest BCUT2D eigenvalue weighted by atomic mass is 10.2. The van der Waals surface area contributed by atoms with Gasteiger partial charge in [0.15, 0.2) is 0 Å². The summed E-state index contributed by atoms with van der Waals surface area (Å²) >= 11 is 1.13. The molecule has 98 valence electrons. The van der Waals surface area contributed by atoms with Gasteiger partial charge in [-0.2, -0.15) is 0 Å². The van der Waals surface area contributed by atoms with E-state index in [-0.39, 0.29) is 12.3 Å². The summed E-state index contributed by atoms with van der Waals surface area (Å²) in [7, 11) is 0. The van der Waals surface area contributed by atoms with Crippen LogP contribution in [-0.2, 0) is 6.61 Å². The van der Waals surface area contributed by atoms with Crippen LogP contribution in [0.2, 0.25) is 0 Å². The predicted molar refractivity (Wildman–Crippen MR) is 69.5 cm³/mol. The Hall–Kier alpha value is -1.92. The summed E-state index contributed by atoms with van der Waals surface area (Å²) in [6.07, 6.45) is 0. The molecule has 4 nitrogen and oxygen atoms in total. The average molecular weight is 279 g/mol. The molecule has 0 amide bonds. The number of para-hydroxylation sites is 1. The molecule has 0 atom stereocenters. The van der Waals surface area contributed by atoms with Crippen molar-refractivity contribution in [1.29, 1.82) is 0 Å². The van der Waals surface area contributed by atoms with Crippen LogP contribution in [0.4, 0.5) is 10.1 Å². The minimum Gasteiger partial charge on any atom is -0.392 e. The van der Waals surface area contributed by atoms with Crippen molar-refractivity contribution in [1.82, 2.24) is 0 Å². The van der Waals surface area contributed by atoms with Gasteiger partial charge in [-0.15, -0.1) is 0 Å². The fourth-order valence-corrected chi connectivity index (χ4v) is 2.61. The van der Waals surface area contributed by atoms with Gasteiger partial charge >= 0.3 is 0 Å². The Morgan fingerprint density at radius 1 is 1.21 bits per heavy atom. The molecule has 0 saturated heterocycles. The van der Waals surface area contributed by atoms with E-state index in [1.165, 1.54) is 24.3 Å². The van der Waals surface area contributed by atoms with Crippen LogP contribution in [0.15, 0.2) is 52.3 Å². The summed E-state index contributed by atoms with van der Waals surface area (Å²) in [4.78, 5) is 11.5. The maximum absolute atomic E-state index is 13.1. The third kappa shape index (κ3) is 3.10. The lowest BCUT2D eigenvalue weighted by Crippen LogP contribution is -1.92. The Kier molecular flexibility index (Phi) is 4.13. The van der Waals surface area contributed by atoms with Gasteiger partial charge in [0.05, 0.1) is 16.4 Å². The highest BCUT2D eigenvalue weighted by Gasteiger charge is 2.15. The molecule has 0 bridgehead atoms. The number of aliphatic hydroxyl groups is 1. The number of nitro groups is 1. The summed E-state index contributed by atoms with van der Waals surface area (Å²) in [5, 5.41) is 20.1. The molecule has 0 spiro atoms. The number of benzene rings is 2. The van der Waals surface area contributed by atoms with E-state index in [0.717, 1.165) is 11.8 Å². The molecule has 2 aromatic rings. The zero-order valence-electron chi connectivity index (χ0n) is 9.75. The molecule has 0 aliphatic carbocycles. The quantitative estimate of drug-likeness (QED) is 0.688. The number of nitro benzene ring substituents is 1. The number of rotatable bonds is 4. The lowest BCUT2D eigenvalue weighted by molar-refractivity contribution is -0.387. The minimum atomic E-state index is -0.468. The predicted octanol–water partition coefficient (Wildman–Crippen LogP) is 3.38. The largest absolute Gasteiger partial charge is 0.392 e. The van der Waals surface area contributed by atoms with Crippen LogP contribution >= 0.6 is 11.8 Å². The Balaban J connectivity index is 2.39. The van der Waals surface area contributed by atoms with Crippen LogP contribution in [0.5, 0.6) is 0 Å². The molecule has 2 aromatic carbocycles. The molecule has 0 aliphatic rings. The number of nitrogens with zero attached hydrogens (tertiary/aromatic N) is 1. The van der Waals surface area contributed by atoms with E-state index < -0.39 is 10.7 Å². The molecule has 1 N–H and O–H groups in total. The number of aliphatic hydroxyl groups excluding tert-OH is 1. The molecule has 0 aliphatic heterocycles. The van der Waals surface area contributed by atoms with E-state index in [4.69, 9.17) is 0 Å². The van der Waals surface area contributed by atoms with Crippen molar-refractivity contribution in [3.63, 3.8) is 0 Å². The van der Waals surface area contributed by atoms with Crippen LogP contribution in [-0.4, -0.2) is 10.0 Å². The summed E-state index contributed by atoms with van der Waals surface area (Å²) in [5.74, 6) is -0.448. The van der Waals surface area contributed by atoms with E-state index in [1.54, 1.807) is 18.2 Å². The maximum atomic E-state index is 13.1. The van der Waals surface area contributed by atoms with Crippen molar-refractivity contribution in [2.24, 2.45) is 0 Å². The average Bonchev–Trinajstić information content (AvgIpc) is 2.41. The van der Waals surface area contributed by atoms with Gasteiger partial charge in [-0.25, -0.2) is 4.39 Å². The highest BCUT2D eigenvalue weighted by atomic mass is 32.2. The van der Waals surface area contributed by atoms with Crippen molar-refractivity contribution in [2.75, 3.05) is 0 Å². The topological polar surface area (TPSA) is 63.4 Å². The molecule has 0 radical (unpaired) electrons. The molecule has 0 saturated carbocycles. The third-order valence-electron chi connectivity index (χ3n) is 2.47. The van der Waals surface area contributed by atoms with Crippen LogP contribution < -0.4 is 0 Å². The van der Waals surface area contributed by atoms with Gasteiger partial charge in [-0.3, -0.25) is 10.1 Å². The van der Waals surface area contributed by atoms with Crippen molar-refractivity contribution in [2.45, 2.75) is 16.4 Å². The molecule has 0 heterocycles. The summed E-state index contributed by atoms with van der Waals surface area (Å²) in [6, 6.07) is 10.3. The molecule has 6 heteroatoms. The van der Waals surface area contributed by atoms with Gasteiger partial charge in [-0.05, 0) is 29.8 Å². The van der Waals surface area contributed by atoms with E-state index >= 15 is 0 Å². The molecule has 2 rings (SSSR count). The zero-order chi connectivity index (χ0) is 13.8. The van der Waals surface area contributed by atoms with E-state index in [9.17, 15) is 19.6 Å². The fourth-order valence-electron chi connectivity index (χ4n) is 1.58. The summed E-state index contributed by atoms with van der Waals surface area (Å²) < 4.78 is 13.1. The Morgan fingerprint density at radius 2 is 1.95 bits per heavy atom. The van der Waals surface area contributed by atoms with E-state index in [1.807, 2.05) is 0 Å². The SMILES string of the molecule is O=[N+]([O-])c1ccccc1Sc1ccc(F)cc1CO. The van der Waals surface area contributed by atoms with Gasteiger partial charge in [0.2, 0.25) is 0 Å². The van der Waals surface area contributed by atoms with E-state index in [0.29, 0.717) is 15.4 Å². The number of hydrogen-bond acceptors (Lipinski definition) is 4. The van der Waals surface area contributed by atoms with Gasteiger partial charge < -0.3 is 5.11 Å². The Morgan fingerprint density at radius 3 is 2.63 bits per heavy atom. The van der Waals surface area contributed by atoms with Crippen LogP contribution in [0.1, 0.15) is 5.56 Å². The summed E-state index contributed by atoms with van der Waals surface area (Å²) in [6.45, 7) is -0.319. The van der Waals surface area contributed by atoms with Crippen molar-refractivity contribution >= 4 is 17.4 Å². The molecule has 0 aromatic heterocycles. The Labute approximate surface area is 113 Å². The second-order valence-electron chi connectivity index (χ2n) is 3.74. The molecule has 0 unspecified atom stereocenters. The number of halogens is 1. The maximum Gasteiger partial charge on any atom is 0.283 e. The second kappa shape index (κ2) is 5.81. The monoisotopic (exact) mass is 279 g/mol. The van der Waals surface area contributed by atoms with Crippen molar-refractivity contribution < 1.29 is 14.4 Å². The van der Waals surface area contributed by atoms with Gasteiger partial charge in [0.1, 0.15) is 5.82 Å². The number of hydrogen-bond donors (Lipinski definition) is 1. The van der Waals surface area contributed by atoms with Gasteiger partial charge in [0.25, 0.3) is 5.69 Å². The first-order valence-electron chi connectivity index (χ1n) is 5.42. The van der Waals surface area contributed by atoms with Crippen molar-refractivity contribution in [3.05, 3.63) is 64.0 Å². The fraction of sp³-hybridized carbons (Fsp3) is 0.0769. The standard InChI is InChI=1S/C13H10FNO3S/c14-10-5-6-12(9(7-10)8-16)19-13-4-2-1-3-11(13)15(17)18/h1-7,16H,8H2. The first kappa shape index (κ1) is 13.5. The Bertz CT molecular complexity index is 619.